The van der Waals surface area contributed by atoms with E-state index in [1.807, 2.05) is 20.2 Å². The van der Waals surface area contributed by atoms with Gasteiger partial charge in [0.2, 0.25) is 0 Å². The monoisotopic (exact) mass is 201 g/mol. The van der Waals surface area contributed by atoms with Gasteiger partial charge >= 0.3 is 0 Å². The molecule has 0 atom stereocenters. The summed E-state index contributed by atoms with van der Waals surface area (Å²) in [7, 11) is 1.81. The van der Waals surface area contributed by atoms with Gasteiger partial charge in [-0.15, -0.1) is 0 Å². The first-order chi connectivity index (χ1) is 7.11. The minimum absolute atomic E-state index is 1.23. The number of aliphatic imine (C=N–C) groups is 1. The number of hydrogen-bond acceptors (Lipinski definition) is 1. The Bertz CT molecular complexity index is 412. The van der Waals surface area contributed by atoms with Gasteiger partial charge in [0.15, 0.2) is 0 Å². The maximum atomic E-state index is 4.12. The van der Waals surface area contributed by atoms with Crippen molar-refractivity contribution in [1.29, 1.82) is 0 Å². The van der Waals surface area contributed by atoms with Crippen molar-refractivity contribution in [1.82, 2.24) is 0 Å². The molecular weight excluding hydrogens is 182 g/mol. The predicted octanol–water partition coefficient (Wildman–Crippen LogP) is 3.69. The van der Waals surface area contributed by atoms with Crippen molar-refractivity contribution in [2.75, 3.05) is 7.05 Å². The van der Waals surface area contributed by atoms with Gasteiger partial charge in [-0.25, -0.2) is 0 Å². The Morgan fingerprint density at radius 2 is 1.80 bits per heavy atom. The van der Waals surface area contributed by atoms with E-state index in [2.05, 4.69) is 44.0 Å². The Balaban J connectivity index is 3.50. The Morgan fingerprint density at radius 1 is 1.13 bits per heavy atom. The van der Waals surface area contributed by atoms with E-state index < -0.39 is 0 Å². The summed E-state index contributed by atoms with van der Waals surface area (Å²) in [5.41, 5.74) is 6.52. The van der Waals surface area contributed by atoms with Gasteiger partial charge in [-0.3, -0.25) is 4.99 Å². The van der Waals surface area contributed by atoms with Crippen LogP contribution in [-0.2, 0) is 0 Å². The first-order valence-corrected chi connectivity index (χ1v) is 5.27. The van der Waals surface area contributed by atoms with E-state index in [0.29, 0.717) is 0 Å². The van der Waals surface area contributed by atoms with E-state index in [1.165, 1.54) is 27.8 Å². The molecule has 0 bridgehead atoms. The zero-order chi connectivity index (χ0) is 11.4. The molecule has 0 fully saturated rings. The summed E-state index contributed by atoms with van der Waals surface area (Å²) in [6, 6.07) is 2.22. The van der Waals surface area contributed by atoms with Crippen LogP contribution in [0.2, 0.25) is 0 Å². The highest BCUT2D eigenvalue weighted by Crippen LogP contribution is 2.21. The van der Waals surface area contributed by atoms with Crippen LogP contribution in [0.4, 0.5) is 0 Å². The van der Waals surface area contributed by atoms with Crippen LogP contribution >= 0.6 is 0 Å². The average Bonchev–Trinajstić information content (AvgIpc) is 2.21. The van der Waals surface area contributed by atoms with Gasteiger partial charge in [-0.05, 0) is 49.9 Å². The van der Waals surface area contributed by atoms with E-state index in [0.717, 1.165) is 0 Å². The van der Waals surface area contributed by atoms with Crippen molar-refractivity contribution in [2.45, 2.75) is 27.7 Å². The van der Waals surface area contributed by atoms with Crippen molar-refractivity contribution in [3.8, 4) is 0 Å². The Kier molecular flexibility index (Phi) is 3.84. The van der Waals surface area contributed by atoms with Gasteiger partial charge in [0.05, 0.1) is 0 Å². The lowest BCUT2D eigenvalue weighted by atomic mass is 9.94. The summed E-state index contributed by atoms with van der Waals surface area (Å²) in [4.78, 5) is 4.12. The third-order valence-corrected chi connectivity index (χ3v) is 2.85. The second kappa shape index (κ2) is 4.92. The van der Waals surface area contributed by atoms with Gasteiger partial charge < -0.3 is 0 Å². The lowest BCUT2D eigenvalue weighted by Crippen LogP contribution is -1.98. The molecule has 0 radical (unpaired) electrons. The smallest absolute Gasteiger partial charge is 0.0290 e. The van der Waals surface area contributed by atoms with Crippen molar-refractivity contribution >= 4 is 12.3 Å². The summed E-state index contributed by atoms with van der Waals surface area (Å²) < 4.78 is 0. The first-order valence-electron chi connectivity index (χ1n) is 5.27. The van der Waals surface area contributed by atoms with Gasteiger partial charge in [0.1, 0.15) is 0 Å². The molecule has 0 unspecified atom stereocenters. The molecule has 1 heteroatoms. The number of aryl methyl sites for hydroxylation is 1. The molecule has 0 aliphatic carbocycles. The molecule has 0 aliphatic heterocycles. The van der Waals surface area contributed by atoms with Crippen LogP contribution in [0.5, 0.6) is 0 Å². The number of allylic oxidation sites excluding steroid dienone is 1. The fourth-order valence-corrected chi connectivity index (χ4v) is 1.75. The molecule has 0 saturated heterocycles. The SMILES string of the molecule is C/C=C\c1cc(C)c(C)c(C)c1C=NC. The largest absolute Gasteiger partial charge is 0.296 e. The highest BCUT2D eigenvalue weighted by Gasteiger charge is 2.06. The Hall–Kier alpha value is -1.37. The van der Waals surface area contributed by atoms with Crippen molar-refractivity contribution in [3.05, 3.63) is 40.0 Å². The number of rotatable bonds is 2. The minimum Gasteiger partial charge on any atom is -0.296 e. The van der Waals surface area contributed by atoms with Crippen LogP contribution in [0.3, 0.4) is 0 Å². The van der Waals surface area contributed by atoms with E-state index in [1.54, 1.807) is 0 Å². The number of benzene rings is 1. The molecule has 0 aromatic heterocycles. The summed E-state index contributed by atoms with van der Waals surface area (Å²) in [6.07, 6.45) is 6.14. The van der Waals surface area contributed by atoms with Crippen molar-refractivity contribution in [2.24, 2.45) is 4.99 Å². The zero-order valence-corrected chi connectivity index (χ0v) is 10.3. The van der Waals surface area contributed by atoms with Crippen molar-refractivity contribution < 1.29 is 0 Å². The molecule has 15 heavy (non-hydrogen) atoms. The number of nitrogens with zero attached hydrogens (tertiary/aromatic N) is 1. The molecule has 0 amide bonds. The second-order valence-corrected chi connectivity index (χ2v) is 3.83. The number of hydrogen-bond donors (Lipinski definition) is 0. The molecule has 0 spiro atoms. The van der Waals surface area contributed by atoms with Gasteiger partial charge in [0.25, 0.3) is 0 Å². The van der Waals surface area contributed by atoms with E-state index in [9.17, 15) is 0 Å². The molecule has 0 heterocycles. The van der Waals surface area contributed by atoms with E-state index >= 15 is 0 Å². The Labute approximate surface area is 92.6 Å². The fourth-order valence-electron chi connectivity index (χ4n) is 1.75. The summed E-state index contributed by atoms with van der Waals surface area (Å²) >= 11 is 0. The quantitative estimate of drug-likeness (QED) is 0.647. The standard InChI is InChI=1S/C14H19N/c1-6-7-13-8-10(2)11(3)12(4)14(13)9-15-5/h6-9H,1-5H3/b7-6-,15-9?. The lowest BCUT2D eigenvalue weighted by Gasteiger charge is -2.11. The summed E-state index contributed by atoms with van der Waals surface area (Å²) in [6.45, 7) is 8.52. The van der Waals surface area contributed by atoms with Crippen molar-refractivity contribution in [3.63, 3.8) is 0 Å². The third-order valence-electron chi connectivity index (χ3n) is 2.85. The zero-order valence-electron chi connectivity index (χ0n) is 10.3. The van der Waals surface area contributed by atoms with Gasteiger partial charge in [-0.2, -0.15) is 0 Å². The maximum Gasteiger partial charge on any atom is 0.0290 e. The van der Waals surface area contributed by atoms with Crippen LogP contribution in [0.1, 0.15) is 34.7 Å². The molecule has 1 aromatic rings. The highest BCUT2D eigenvalue weighted by molar-refractivity contribution is 5.88. The Morgan fingerprint density at radius 3 is 2.33 bits per heavy atom. The van der Waals surface area contributed by atoms with Crippen LogP contribution in [0, 0.1) is 20.8 Å². The van der Waals surface area contributed by atoms with Crippen LogP contribution in [0.15, 0.2) is 17.1 Å². The fraction of sp³-hybridized carbons (Fsp3) is 0.357. The molecule has 1 nitrogen and oxygen atoms in total. The van der Waals surface area contributed by atoms with Gasteiger partial charge in [0, 0.05) is 18.8 Å². The van der Waals surface area contributed by atoms with Gasteiger partial charge in [-0.1, -0.05) is 18.2 Å². The molecule has 1 aromatic carbocycles. The molecule has 0 aliphatic rings. The molecular formula is C14H19N. The minimum atomic E-state index is 1.23. The topological polar surface area (TPSA) is 12.4 Å². The maximum absolute atomic E-state index is 4.12. The van der Waals surface area contributed by atoms with Crippen LogP contribution in [0.25, 0.3) is 6.08 Å². The third kappa shape index (κ3) is 2.35. The second-order valence-electron chi connectivity index (χ2n) is 3.83. The van der Waals surface area contributed by atoms with Crippen LogP contribution in [-0.4, -0.2) is 13.3 Å². The highest BCUT2D eigenvalue weighted by atomic mass is 14.6. The molecule has 80 valence electrons. The lowest BCUT2D eigenvalue weighted by molar-refractivity contribution is 1.25. The molecule has 1 rings (SSSR count). The van der Waals surface area contributed by atoms with E-state index in [-0.39, 0.29) is 0 Å². The summed E-state index contributed by atoms with van der Waals surface area (Å²) in [5.74, 6) is 0. The summed E-state index contributed by atoms with van der Waals surface area (Å²) in [5, 5.41) is 0. The predicted molar refractivity (Wildman–Crippen MR) is 68.9 cm³/mol. The average molecular weight is 201 g/mol. The first kappa shape index (κ1) is 11.7. The van der Waals surface area contributed by atoms with Crippen LogP contribution < -0.4 is 0 Å². The van der Waals surface area contributed by atoms with E-state index in [4.69, 9.17) is 0 Å². The normalized spacial score (nSPS) is 11.8. The molecule has 0 saturated carbocycles. The molecule has 0 N–H and O–H groups in total.